The summed E-state index contributed by atoms with van der Waals surface area (Å²) < 4.78 is 10.6. The number of hydrogen-bond donors (Lipinski definition) is 1. The Kier molecular flexibility index (Phi) is 7.42. The van der Waals surface area contributed by atoms with Crippen molar-refractivity contribution in [3.8, 4) is 5.75 Å². The van der Waals surface area contributed by atoms with Gasteiger partial charge in [0.2, 0.25) is 0 Å². The number of rotatable bonds is 7. The van der Waals surface area contributed by atoms with Crippen molar-refractivity contribution < 1.29 is 29.0 Å². The van der Waals surface area contributed by atoms with Crippen LogP contribution in [0.15, 0.2) is 54.1 Å². The smallest absolute Gasteiger partial charge is 0.350 e. The number of ether oxygens (including phenoxy) is 2. The molecule has 1 fully saturated rings. The second-order valence-corrected chi connectivity index (χ2v) is 9.22. The van der Waals surface area contributed by atoms with Gasteiger partial charge in [-0.1, -0.05) is 35.1 Å². The van der Waals surface area contributed by atoms with Crippen LogP contribution in [0.3, 0.4) is 0 Å². The zero-order chi connectivity index (χ0) is 26.0. The zero-order valence-electron chi connectivity index (χ0n) is 19.8. The molecular weight excluding hydrogens is 504 g/mol. The van der Waals surface area contributed by atoms with Crippen molar-refractivity contribution in [2.45, 2.75) is 26.8 Å². The van der Waals surface area contributed by atoms with Crippen molar-refractivity contribution in [1.82, 2.24) is 4.98 Å². The van der Waals surface area contributed by atoms with Gasteiger partial charge in [-0.15, -0.1) is 0 Å². The molecule has 0 saturated carbocycles. The Bertz CT molecular complexity index is 1350. The van der Waals surface area contributed by atoms with E-state index in [0.717, 1.165) is 11.3 Å². The lowest BCUT2D eigenvalue weighted by atomic mass is 9.95. The third kappa shape index (κ3) is 4.72. The Morgan fingerprint density at radius 2 is 1.75 bits per heavy atom. The molecule has 36 heavy (non-hydrogen) atoms. The third-order valence-electron chi connectivity index (χ3n) is 5.52. The molecule has 0 radical (unpaired) electrons. The highest BCUT2D eigenvalue weighted by molar-refractivity contribution is 7.17. The van der Waals surface area contributed by atoms with E-state index in [1.54, 1.807) is 62.4 Å². The van der Waals surface area contributed by atoms with E-state index in [1.165, 1.54) is 4.90 Å². The van der Waals surface area contributed by atoms with Gasteiger partial charge in [0.25, 0.3) is 5.78 Å². The molecule has 1 N–H and O–H groups in total. The maximum Gasteiger partial charge on any atom is 0.350 e. The van der Waals surface area contributed by atoms with Gasteiger partial charge in [0.1, 0.15) is 16.4 Å². The Balaban J connectivity index is 1.88. The number of aromatic nitrogens is 1. The van der Waals surface area contributed by atoms with Crippen molar-refractivity contribution in [3.63, 3.8) is 0 Å². The van der Waals surface area contributed by atoms with E-state index in [4.69, 9.17) is 21.1 Å². The number of anilines is 1. The van der Waals surface area contributed by atoms with Crippen LogP contribution in [0.5, 0.6) is 5.75 Å². The van der Waals surface area contributed by atoms with Crippen LogP contribution >= 0.6 is 22.9 Å². The van der Waals surface area contributed by atoms with Crippen LogP contribution in [0.2, 0.25) is 5.02 Å². The Hall–Kier alpha value is -3.69. The summed E-state index contributed by atoms with van der Waals surface area (Å²) in [5.41, 5.74) is 1.16. The van der Waals surface area contributed by atoms with Gasteiger partial charge in [-0.05, 0) is 62.7 Å². The number of aryl methyl sites for hydroxylation is 1. The molecule has 2 heterocycles. The molecular formula is C26H23ClN2O6S. The minimum absolute atomic E-state index is 0.1000. The highest BCUT2D eigenvalue weighted by Gasteiger charge is 2.48. The van der Waals surface area contributed by atoms with Crippen LogP contribution in [0.25, 0.3) is 5.76 Å². The van der Waals surface area contributed by atoms with Gasteiger partial charge in [-0.2, -0.15) is 0 Å². The van der Waals surface area contributed by atoms with Crippen molar-refractivity contribution in [3.05, 3.63) is 80.8 Å². The summed E-state index contributed by atoms with van der Waals surface area (Å²) in [5.74, 6) is -2.02. The van der Waals surface area contributed by atoms with E-state index in [9.17, 15) is 19.5 Å². The average Bonchev–Trinajstić information content (AvgIpc) is 3.37. The van der Waals surface area contributed by atoms with E-state index < -0.39 is 23.7 Å². The number of esters is 1. The summed E-state index contributed by atoms with van der Waals surface area (Å²) in [7, 11) is 0. The van der Waals surface area contributed by atoms with Gasteiger partial charge in [-0.25, -0.2) is 9.78 Å². The number of hydrogen-bond acceptors (Lipinski definition) is 8. The largest absolute Gasteiger partial charge is 0.507 e. The van der Waals surface area contributed by atoms with Crippen molar-refractivity contribution >= 4 is 51.5 Å². The van der Waals surface area contributed by atoms with Crippen molar-refractivity contribution in [2.75, 3.05) is 18.1 Å². The summed E-state index contributed by atoms with van der Waals surface area (Å²) in [4.78, 5) is 44.8. The highest BCUT2D eigenvalue weighted by atomic mass is 35.5. The van der Waals surface area contributed by atoms with E-state index in [-0.39, 0.29) is 27.9 Å². The van der Waals surface area contributed by atoms with E-state index in [2.05, 4.69) is 4.98 Å². The summed E-state index contributed by atoms with van der Waals surface area (Å²) in [5, 5.41) is 11.8. The number of amides is 1. The molecule has 8 nitrogen and oxygen atoms in total. The van der Waals surface area contributed by atoms with Crippen LogP contribution in [0, 0.1) is 6.92 Å². The topological polar surface area (TPSA) is 106 Å². The van der Waals surface area contributed by atoms with E-state index in [0.29, 0.717) is 34.2 Å². The SMILES string of the molecule is CCOC(=O)c1sc(N2C(=O)C(=O)/C(=C(/O)c3ccc(Cl)cc3)C2c2ccc(OCC)cc2)nc1C. The lowest BCUT2D eigenvalue weighted by Crippen LogP contribution is -2.29. The molecule has 1 aliphatic rings. The number of carbonyl (C=O) groups is 3. The predicted octanol–water partition coefficient (Wildman–Crippen LogP) is 5.31. The minimum atomic E-state index is -0.989. The van der Waals surface area contributed by atoms with E-state index in [1.807, 2.05) is 6.92 Å². The lowest BCUT2D eigenvalue weighted by molar-refractivity contribution is -0.132. The number of carbonyl (C=O) groups excluding carboxylic acids is 3. The predicted molar refractivity (Wildman–Crippen MR) is 137 cm³/mol. The molecule has 186 valence electrons. The maximum atomic E-state index is 13.3. The molecule has 4 rings (SSSR count). The fourth-order valence-corrected chi connectivity index (χ4v) is 5.01. The number of nitrogens with zero attached hydrogens (tertiary/aromatic N) is 2. The normalized spacial score (nSPS) is 16.9. The molecule has 2 aromatic carbocycles. The fraction of sp³-hybridized carbons (Fsp3) is 0.231. The first-order chi connectivity index (χ1) is 17.3. The van der Waals surface area contributed by atoms with Gasteiger partial charge in [-0.3, -0.25) is 14.5 Å². The van der Waals surface area contributed by atoms with Crippen LogP contribution in [0.1, 0.15) is 46.4 Å². The molecule has 0 bridgehead atoms. The molecule has 10 heteroatoms. The van der Waals surface area contributed by atoms with Crippen LogP contribution in [-0.4, -0.2) is 41.0 Å². The lowest BCUT2D eigenvalue weighted by Gasteiger charge is -2.23. The first-order valence-corrected chi connectivity index (χ1v) is 12.4. The molecule has 3 aromatic rings. The number of ketones is 1. The molecule has 1 aromatic heterocycles. The first-order valence-electron chi connectivity index (χ1n) is 11.2. The number of aliphatic hydroxyl groups excluding tert-OH is 1. The minimum Gasteiger partial charge on any atom is -0.507 e. The van der Waals surface area contributed by atoms with Crippen LogP contribution in [0.4, 0.5) is 5.13 Å². The summed E-state index contributed by atoms with van der Waals surface area (Å²) in [6, 6.07) is 12.2. The first kappa shape index (κ1) is 25.4. The molecule has 1 amide bonds. The molecule has 1 aliphatic heterocycles. The summed E-state index contributed by atoms with van der Waals surface area (Å²) in [6.45, 7) is 5.84. The second-order valence-electron chi connectivity index (χ2n) is 7.81. The molecule has 1 saturated heterocycles. The third-order valence-corrected chi connectivity index (χ3v) is 6.91. The van der Waals surface area contributed by atoms with Gasteiger partial charge in [0, 0.05) is 10.6 Å². The number of thiazole rings is 1. The zero-order valence-corrected chi connectivity index (χ0v) is 21.4. The Morgan fingerprint density at radius 3 is 2.36 bits per heavy atom. The van der Waals surface area contributed by atoms with Crippen LogP contribution < -0.4 is 9.64 Å². The highest BCUT2D eigenvalue weighted by Crippen LogP contribution is 2.44. The van der Waals surface area contributed by atoms with Gasteiger partial charge in [0.15, 0.2) is 5.13 Å². The fourth-order valence-electron chi connectivity index (χ4n) is 3.89. The molecule has 1 unspecified atom stereocenters. The van der Waals surface area contributed by atoms with Gasteiger partial charge in [0.05, 0.1) is 30.5 Å². The molecule has 0 spiro atoms. The van der Waals surface area contributed by atoms with Gasteiger partial charge >= 0.3 is 11.9 Å². The summed E-state index contributed by atoms with van der Waals surface area (Å²) in [6.07, 6.45) is 0. The quantitative estimate of drug-likeness (QED) is 0.192. The Labute approximate surface area is 216 Å². The molecule has 1 atom stereocenters. The number of benzene rings is 2. The Morgan fingerprint density at radius 1 is 1.08 bits per heavy atom. The van der Waals surface area contributed by atoms with E-state index >= 15 is 0 Å². The standard InChI is InChI=1S/C26H23ClN2O6S/c1-4-34-18-12-8-15(9-13-18)20-19(21(30)16-6-10-17(27)11-7-16)22(31)24(32)29(20)26-28-14(3)23(36-26)25(33)35-5-2/h6-13,20,30H,4-5H2,1-3H3/b21-19+. The maximum absolute atomic E-state index is 13.3. The van der Waals surface area contributed by atoms with Crippen molar-refractivity contribution in [2.24, 2.45) is 0 Å². The van der Waals surface area contributed by atoms with Gasteiger partial charge < -0.3 is 14.6 Å². The summed E-state index contributed by atoms with van der Waals surface area (Å²) >= 11 is 6.93. The number of aliphatic hydroxyl groups is 1. The van der Waals surface area contributed by atoms with Crippen molar-refractivity contribution in [1.29, 1.82) is 0 Å². The number of halogens is 1. The monoisotopic (exact) mass is 526 g/mol. The van der Waals surface area contributed by atoms with Crippen LogP contribution in [-0.2, 0) is 14.3 Å². The average molecular weight is 527 g/mol. The molecule has 0 aliphatic carbocycles. The second kappa shape index (κ2) is 10.5. The number of Topliss-reactive ketones (excluding diaryl/α,β-unsaturated/α-hetero) is 1.